The second kappa shape index (κ2) is 8.32. The topological polar surface area (TPSA) is 73.2 Å². The Hall–Kier alpha value is -2.84. The van der Waals surface area contributed by atoms with Crippen molar-refractivity contribution in [3.8, 4) is 6.07 Å². The van der Waals surface area contributed by atoms with Crippen LogP contribution in [-0.2, 0) is 4.79 Å². The number of halogens is 1. The first-order valence-electron chi connectivity index (χ1n) is 7.80. The molecule has 5 nitrogen and oxygen atoms in total. The molecule has 0 heterocycles. The third kappa shape index (κ3) is 4.82. The number of benzene rings is 2. The first-order chi connectivity index (χ1) is 11.9. The lowest BCUT2D eigenvalue weighted by molar-refractivity contribution is -0.116. The van der Waals surface area contributed by atoms with E-state index in [4.69, 9.17) is 16.9 Å². The number of rotatable bonds is 5. The third-order valence-electron chi connectivity index (χ3n) is 3.72. The quantitative estimate of drug-likeness (QED) is 0.890. The molecule has 128 valence electrons. The van der Waals surface area contributed by atoms with Gasteiger partial charge in [-0.2, -0.15) is 5.26 Å². The molecular weight excluding hydrogens is 338 g/mol. The summed E-state index contributed by atoms with van der Waals surface area (Å²) in [5.74, 6) is -0.602. The van der Waals surface area contributed by atoms with Crippen LogP contribution in [0.25, 0.3) is 0 Å². The van der Waals surface area contributed by atoms with Crippen molar-refractivity contribution >= 4 is 29.1 Å². The zero-order valence-corrected chi connectivity index (χ0v) is 14.8. The van der Waals surface area contributed by atoms with Gasteiger partial charge < -0.3 is 10.2 Å². The van der Waals surface area contributed by atoms with E-state index in [-0.39, 0.29) is 18.4 Å². The van der Waals surface area contributed by atoms with Gasteiger partial charge in [0.05, 0.1) is 11.6 Å². The fourth-order valence-corrected chi connectivity index (χ4v) is 2.50. The molecule has 0 spiro atoms. The maximum absolute atomic E-state index is 12.6. The van der Waals surface area contributed by atoms with Gasteiger partial charge in [0.2, 0.25) is 5.91 Å². The highest BCUT2D eigenvalue weighted by Gasteiger charge is 2.18. The van der Waals surface area contributed by atoms with Gasteiger partial charge in [-0.25, -0.2) is 0 Å². The van der Waals surface area contributed by atoms with Gasteiger partial charge in [0.1, 0.15) is 6.54 Å². The van der Waals surface area contributed by atoms with Crippen molar-refractivity contribution in [1.82, 2.24) is 4.90 Å². The first kappa shape index (κ1) is 18.5. The van der Waals surface area contributed by atoms with Crippen molar-refractivity contribution in [3.63, 3.8) is 0 Å². The molecular formula is C19H18ClN3O2. The highest BCUT2D eigenvalue weighted by atomic mass is 35.5. The SMILES string of the molecule is CCN(CC(=O)Nc1cc(Cl)ccc1C)C(=O)c1cccc(C#N)c1. The summed E-state index contributed by atoms with van der Waals surface area (Å²) in [4.78, 5) is 26.3. The Labute approximate surface area is 151 Å². The van der Waals surface area contributed by atoms with Crippen molar-refractivity contribution in [2.45, 2.75) is 13.8 Å². The Morgan fingerprint density at radius 1 is 1.24 bits per heavy atom. The average Bonchev–Trinajstić information content (AvgIpc) is 2.62. The minimum atomic E-state index is -0.308. The Morgan fingerprint density at radius 2 is 2.00 bits per heavy atom. The Kier molecular flexibility index (Phi) is 6.15. The molecule has 25 heavy (non-hydrogen) atoms. The summed E-state index contributed by atoms with van der Waals surface area (Å²) in [5.41, 5.74) is 2.29. The van der Waals surface area contributed by atoms with Crippen LogP contribution in [0.1, 0.15) is 28.4 Å². The fraction of sp³-hybridized carbons (Fsp3) is 0.211. The fourth-order valence-electron chi connectivity index (χ4n) is 2.32. The number of nitrogens with zero attached hydrogens (tertiary/aromatic N) is 2. The van der Waals surface area contributed by atoms with Crippen molar-refractivity contribution in [2.75, 3.05) is 18.4 Å². The van der Waals surface area contributed by atoms with Crippen LogP contribution >= 0.6 is 11.6 Å². The number of carbonyl (C=O) groups is 2. The highest BCUT2D eigenvalue weighted by molar-refractivity contribution is 6.31. The van der Waals surface area contributed by atoms with E-state index in [1.165, 1.54) is 11.0 Å². The van der Waals surface area contributed by atoms with Crippen LogP contribution in [0.15, 0.2) is 42.5 Å². The summed E-state index contributed by atoms with van der Waals surface area (Å²) in [6, 6.07) is 13.7. The lowest BCUT2D eigenvalue weighted by atomic mass is 10.1. The predicted octanol–water partition coefficient (Wildman–Crippen LogP) is 3.62. The molecule has 0 saturated carbocycles. The van der Waals surface area contributed by atoms with Gasteiger partial charge in [-0.1, -0.05) is 23.7 Å². The molecule has 2 aromatic rings. The van der Waals surface area contributed by atoms with Crippen LogP contribution < -0.4 is 5.32 Å². The molecule has 2 rings (SSSR count). The van der Waals surface area contributed by atoms with E-state index in [0.29, 0.717) is 28.4 Å². The minimum absolute atomic E-state index is 0.0853. The number of nitriles is 1. The summed E-state index contributed by atoms with van der Waals surface area (Å²) < 4.78 is 0. The second-order valence-electron chi connectivity index (χ2n) is 5.52. The minimum Gasteiger partial charge on any atom is -0.330 e. The molecule has 6 heteroatoms. The summed E-state index contributed by atoms with van der Waals surface area (Å²) in [6.07, 6.45) is 0. The smallest absolute Gasteiger partial charge is 0.254 e. The molecule has 0 unspecified atom stereocenters. The predicted molar refractivity (Wildman–Crippen MR) is 97.6 cm³/mol. The van der Waals surface area contributed by atoms with E-state index in [2.05, 4.69) is 5.32 Å². The number of likely N-dealkylation sites (N-methyl/N-ethyl adjacent to an activating group) is 1. The molecule has 2 aromatic carbocycles. The molecule has 0 aliphatic heterocycles. The summed E-state index contributed by atoms with van der Waals surface area (Å²) in [5, 5.41) is 12.2. The van der Waals surface area contributed by atoms with Crippen LogP contribution in [0.4, 0.5) is 5.69 Å². The molecule has 0 bridgehead atoms. The van der Waals surface area contributed by atoms with Crippen molar-refractivity contribution in [3.05, 3.63) is 64.2 Å². The van der Waals surface area contributed by atoms with Gasteiger partial charge in [-0.3, -0.25) is 9.59 Å². The van der Waals surface area contributed by atoms with Gasteiger partial charge in [0.15, 0.2) is 0 Å². The number of hydrogen-bond acceptors (Lipinski definition) is 3. The van der Waals surface area contributed by atoms with E-state index < -0.39 is 0 Å². The van der Waals surface area contributed by atoms with Crippen molar-refractivity contribution in [2.24, 2.45) is 0 Å². The maximum atomic E-state index is 12.6. The monoisotopic (exact) mass is 355 g/mol. The molecule has 0 radical (unpaired) electrons. The van der Waals surface area contributed by atoms with Crippen molar-refractivity contribution < 1.29 is 9.59 Å². The molecule has 0 aromatic heterocycles. The Bertz CT molecular complexity index is 843. The number of anilines is 1. The Balaban J connectivity index is 2.10. The Morgan fingerprint density at radius 3 is 2.68 bits per heavy atom. The van der Waals surface area contributed by atoms with E-state index in [1.54, 1.807) is 37.3 Å². The molecule has 2 amide bonds. The number of hydrogen-bond donors (Lipinski definition) is 1. The van der Waals surface area contributed by atoms with Gasteiger partial charge in [-0.15, -0.1) is 0 Å². The van der Waals surface area contributed by atoms with E-state index >= 15 is 0 Å². The number of amides is 2. The largest absolute Gasteiger partial charge is 0.330 e. The summed E-state index contributed by atoms with van der Waals surface area (Å²) in [7, 11) is 0. The van der Waals surface area contributed by atoms with Crippen molar-refractivity contribution in [1.29, 1.82) is 5.26 Å². The number of carbonyl (C=O) groups excluding carboxylic acids is 2. The van der Waals surface area contributed by atoms with Crippen LogP contribution in [0, 0.1) is 18.3 Å². The summed E-state index contributed by atoms with van der Waals surface area (Å²) >= 11 is 5.95. The third-order valence-corrected chi connectivity index (χ3v) is 3.95. The van der Waals surface area contributed by atoms with Gasteiger partial charge in [-0.05, 0) is 49.7 Å². The lowest BCUT2D eigenvalue weighted by Crippen LogP contribution is -2.38. The normalized spacial score (nSPS) is 10.0. The van der Waals surface area contributed by atoms with Gasteiger partial charge in [0, 0.05) is 22.8 Å². The maximum Gasteiger partial charge on any atom is 0.254 e. The molecule has 0 aliphatic rings. The van der Waals surface area contributed by atoms with E-state index in [9.17, 15) is 9.59 Å². The first-order valence-corrected chi connectivity index (χ1v) is 8.17. The van der Waals surface area contributed by atoms with E-state index in [1.807, 2.05) is 19.1 Å². The average molecular weight is 356 g/mol. The zero-order valence-electron chi connectivity index (χ0n) is 14.0. The van der Waals surface area contributed by atoms with E-state index in [0.717, 1.165) is 5.56 Å². The molecule has 1 N–H and O–H groups in total. The molecule has 0 atom stereocenters. The lowest BCUT2D eigenvalue weighted by Gasteiger charge is -2.21. The number of nitrogens with one attached hydrogen (secondary N) is 1. The van der Waals surface area contributed by atoms with Crippen LogP contribution in [-0.4, -0.2) is 29.8 Å². The van der Waals surface area contributed by atoms with Crippen LogP contribution in [0.2, 0.25) is 5.02 Å². The van der Waals surface area contributed by atoms with Crippen LogP contribution in [0.5, 0.6) is 0 Å². The van der Waals surface area contributed by atoms with Crippen LogP contribution in [0.3, 0.4) is 0 Å². The molecule has 0 aliphatic carbocycles. The number of aryl methyl sites for hydroxylation is 1. The zero-order chi connectivity index (χ0) is 18.4. The van der Waals surface area contributed by atoms with Gasteiger partial charge in [0.25, 0.3) is 5.91 Å². The highest BCUT2D eigenvalue weighted by Crippen LogP contribution is 2.20. The molecule has 0 saturated heterocycles. The molecule has 0 fully saturated rings. The standard InChI is InChI=1S/C19H18ClN3O2/c1-3-23(19(25)15-6-4-5-14(9-15)11-21)12-18(24)22-17-10-16(20)8-7-13(17)2/h4-10H,3,12H2,1-2H3,(H,22,24). The second-order valence-corrected chi connectivity index (χ2v) is 5.96. The van der Waals surface area contributed by atoms with Gasteiger partial charge >= 0.3 is 0 Å². The summed E-state index contributed by atoms with van der Waals surface area (Å²) in [6.45, 7) is 3.95.